The molecule has 2 rings (SSSR count). The van der Waals surface area contributed by atoms with Crippen LogP contribution in [0.1, 0.15) is 19.3 Å². The molecule has 1 aromatic rings. The Morgan fingerprint density at radius 1 is 1.40 bits per heavy atom. The molecule has 112 valence electrons. The van der Waals surface area contributed by atoms with Gasteiger partial charge in [-0.15, -0.1) is 24.2 Å². The SMILES string of the molecule is Cl.O=C(CCSc1ccc(Cl)cc1)NC1CCCNC1. The molecule has 0 aromatic heterocycles. The molecule has 1 heterocycles. The third-order valence-electron chi connectivity index (χ3n) is 3.07. The van der Waals surface area contributed by atoms with Gasteiger partial charge in [0.2, 0.25) is 5.91 Å². The van der Waals surface area contributed by atoms with E-state index in [1.165, 1.54) is 0 Å². The zero-order valence-corrected chi connectivity index (χ0v) is 13.6. The Balaban J connectivity index is 0.00000200. The third-order valence-corrected chi connectivity index (χ3v) is 4.34. The van der Waals surface area contributed by atoms with Crippen LogP contribution in [0.4, 0.5) is 0 Å². The number of rotatable bonds is 5. The van der Waals surface area contributed by atoms with Crippen molar-refractivity contribution in [3.8, 4) is 0 Å². The molecule has 1 fully saturated rings. The molecule has 1 atom stereocenters. The highest BCUT2D eigenvalue weighted by Gasteiger charge is 2.14. The monoisotopic (exact) mass is 334 g/mol. The fourth-order valence-corrected chi connectivity index (χ4v) is 3.04. The van der Waals surface area contributed by atoms with Crippen LogP contribution in [0.2, 0.25) is 5.02 Å². The number of amides is 1. The van der Waals surface area contributed by atoms with E-state index in [-0.39, 0.29) is 18.3 Å². The van der Waals surface area contributed by atoms with Crippen molar-refractivity contribution in [2.24, 2.45) is 0 Å². The summed E-state index contributed by atoms with van der Waals surface area (Å²) >= 11 is 7.51. The molecule has 1 aliphatic heterocycles. The smallest absolute Gasteiger partial charge is 0.221 e. The van der Waals surface area contributed by atoms with E-state index in [4.69, 9.17) is 11.6 Å². The van der Waals surface area contributed by atoms with Crippen molar-refractivity contribution < 1.29 is 4.79 Å². The normalized spacial score (nSPS) is 18.1. The summed E-state index contributed by atoms with van der Waals surface area (Å²) in [5, 5.41) is 7.12. The maximum Gasteiger partial charge on any atom is 0.221 e. The largest absolute Gasteiger partial charge is 0.352 e. The van der Waals surface area contributed by atoms with Crippen molar-refractivity contribution in [2.75, 3.05) is 18.8 Å². The summed E-state index contributed by atoms with van der Waals surface area (Å²) in [5.74, 6) is 0.948. The highest BCUT2D eigenvalue weighted by Crippen LogP contribution is 2.20. The fourth-order valence-electron chi connectivity index (χ4n) is 2.07. The zero-order valence-electron chi connectivity index (χ0n) is 11.2. The maximum atomic E-state index is 11.8. The Kier molecular flexibility index (Phi) is 8.38. The number of nitrogens with one attached hydrogen (secondary N) is 2. The molecule has 3 nitrogen and oxygen atoms in total. The number of benzene rings is 1. The Morgan fingerprint density at radius 3 is 2.80 bits per heavy atom. The minimum absolute atomic E-state index is 0. The van der Waals surface area contributed by atoms with Crippen molar-refractivity contribution in [1.29, 1.82) is 0 Å². The topological polar surface area (TPSA) is 41.1 Å². The van der Waals surface area contributed by atoms with Gasteiger partial charge in [-0.05, 0) is 43.7 Å². The summed E-state index contributed by atoms with van der Waals surface area (Å²) < 4.78 is 0. The minimum atomic E-state index is 0. The molecular formula is C14H20Cl2N2OS. The van der Waals surface area contributed by atoms with E-state index in [1.807, 2.05) is 24.3 Å². The molecule has 20 heavy (non-hydrogen) atoms. The van der Waals surface area contributed by atoms with Crippen LogP contribution in [-0.2, 0) is 4.79 Å². The Labute approximate surface area is 135 Å². The number of halogens is 2. The summed E-state index contributed by atoms with van der Waals surface area (Å²) in [6, 6.07) is 8.02. The summed E-state index contributed by atoms with van der Waals surface area (Å²) in [7, 11) is 0. The van der Waals surface area contributed by atoms with Gasteiger partial charge < -0.3 is 10.6 Å². The molecule has 0 radical (unpaired) electrons. The molecule has 1 aromatic carbocycles. The van der Waals surface area contributed by atoms with Gasteiger partial charge in [0, 0.05) is 34.7 Å². The van der Waals surface area contributed by atoms with Crippen molar-refractivity contribution >= 4 is 41.7 Å². The third kappa shape index (κ3) is 6.35. The number of hydrogen-bond acceptors (Lipinski definition) is 3. The standard InChI is InChI=1S/C14H19ClN2OS.ClH/c15-11-3-5-13(6-4-11)19-9-7-14(18)17-12-2-1-8-16-10-12;/h3-6,12,16H,1-2,7-10H2,(H,17,18);1H. The van der Waals surface area contributed by atoms with E-state index in [9.17, 15) is 4.79 Å². The lowest BCUT2D eigenvalue weighted by Gasteiger charge is -2.23. The first-order valence-electron chi connectivity index (χ1n) is 6.62. The van der Waals surface area contributed by atoms with Gasteiger partial charge in [0.25, 0.3) is 0 Å². The molecular weight excluding hydrogens is 315 g/mol. The summed E-state index contributed by atoms with van der Waals surface area (Å²) in [6.45, 7) is 1.97. The van der Waals surface area contributed by atoms with Crippen LogP contribution in [0.15, 0.2) is 29.2 Å². The molecule has 0 spiro atoms. The van der Waals surface area contributed by atoms with Gasteiger partial charge in [-0.25, -0.2) is 0 Å². The quantitative estimate of drug-likeness (QED) is 0.813. The van der Waals surface area contributed by atoms with Crippen molar-refractivity contribution in [3.05, 3.63) is 29.3 Å². The second-order valence-electron chi connectivity index (χ2n) is 4.66. The van der Waals surface area contributed by atoms with Gasteiger partial charge in [-0.1, -0.05) is 11.6 Å². The Morgan fingerprint density at radius 2 is 2.15 bits per heavy atom. The van der Waals surface area contributed by atoms with Gasteiger partial charge in [-0.3, -0.25) is 4.79 Å². The van der Waals surface area contributed by atoms with Crippen LogP contribution in [0, 0.1) is 0 Å². The van der Waals surface area contributed by atoms with Gasteiger partial charge >= 0.3 is 0 Å². The van der Waals surface area contributed by atoms with Crippen LogP contribution in [0.3, 0.4) is 0 Å². The average molecular weight is 335 g/mol. The number of carbonyl (C=O) groups excluding carboxylic acids is 1. The highest BCUT2D eigenvalue weighted by molar-refractivity contribution is 7.99. The molecule has 1 saturated heterocycles. The van der Waals surface area contributed by atoms with Crippen LogP contribution in [0.5, 0.6) is 0 Å². The van der Waals surface area contributed by atoms with E-state index in [2.05, 4.69) is 10.6 Å². The van der Waals surface area contributed by atoms with Crippen LogP contribution in [0.25, 0.3) is 0 Å². The molecule has 1 aliphatic rings. The second-order valence-corrected chi connectivity index (χ2v) is 6.27. The lowest BCUT2D eigenvalue weighted by atomic mass is 10.1. The number of thioether (sulfide) groups is 1. The second kappa shape index (κ2) is 9.50. The fraction of sp³-hybridized carbons (Fsp3) is 0.500. The lowest BCUT2D eigenvalue weighted by molar-refractivity contribution is -0.121. The molecule has 1 amide bonds. The predicted molar refractivity (Wildman–Crippen MR) is 88.1 cm³/mol. The van der Waals surface area contributed by atoms with Gasteiger partial charge in [0.05, 0.1) is 0 Å². The highest BCUT2D eigenvalue weighted by atomic mass is 35.5. The Hall–Kier alpha value is -0.420. The first kappa shape index (κ1) is 17.6. The van der Waals surface area contributed by atoms with E-state index in [0.717, 1.165) is 41.6 Å². The number of hydrogen-bond donors (Lipinski definition) is 2. The van der Waals surface area contributed by atoms with Gasteiger partial charge in [-0.2, -0.15) is 0 Å². The molecule has 6 heteroatoms. The first-order valence-corrected chi connectivity index (χ1v) is 7.99. The predicted octanol–water partition coefficient (Wildman–Crippen LogP) is 3.11. The molecule has 0 saturated carbocycles. The molecule has 0 aliphatic carbocycles. The van der Waals surface area contributed by atoms with E-state index < -0.39 is 0 Å². The summed E-state index contributed by atoms with van der Waals surface area (Å²) in [6.07, 6.45) is 2.79. The van der Waals surface area contributed by atoms with Crippen LogP contribution < -0.4 is 10.6 Å². The van der Waals surface area contributed by atoms with Gasteiger partial charge in [0.15, 0.2) is 0 Å². The minimum Gasteiger partial charge on any atom is -0.352 e. The number of piperidine rings is 1. The molecule has 2 N–H and O–H groups in total. The van der Waals surface area contributed by atoms with E-state index in [0.29, 0.717) is 12.5 Å². The first-order chi connectivity index (χ1) is 9.24. The summed E-state index contributed by atoms with van der Waals surface area (Å²) in [4.78, 5) is 12.9. The van der Waals surface area contributed by atoms with E-state index >= 15 is 0 Å². The molecule has 0 bridgehead atoms. The van der Waals surface area contributed by atoms with Crippen molar-refractivity contribution in [2.45, 2.75) is 30.2 Å². The van der Waals surface area contributed by atoms with E-state index in [1.54, 1.807) is 11.8 Å². The average Bonchev–Trinajstić information content (AvgIpc) is 2.42. The van der Waals surface area contributed by atoms with Crippen molar-refractivity contribution in [1.82, 2.24) is 10.6 Å². The Bertz CT molecular complexity index is 408. The molecule has 1 unspecified atom stereocenters. The zero-order chi connectivity index (χ0) is 13.5. The summed E-state index contributed by atoms with van der Waals surface area (Å²) in [5.41, 5.74) is 0. The van der Waals surface area contributed by atoms with Crippen molar-refractivity contribution in [3.63, 3.8) is 0 Å². The number of carbonyl (C=O) groups is 1. The van der Waals surface area contributed by atoms with Crippen LogP contribution in [-0.4, -0.2) is 30.8 Å². The van der Waals surface area contributed by atoms with Crippen LogP contribution >= 0.6 is 35.8 Å². The lowest BCUT2D eigenvalue weighted by Crippen LogP contribution is -2.45. The maximum absolute atomic E-state index is 11.8. The van der Waals surface area contributed by atoms with Gasteiger partial charge in [0.1, 0.15) is 0 Å².